The Kier molecular flexibility index (Phi) is 2.79. The number of rotatable bonds is 1. The van der Waals surface area contributed by atoms with Gasteiger partial charge in [0, 0.05) is 18.4 Å². The maximum atomic E-state index is 11.9. The molecule has 0 aromatic carbocycles. The average molecular weight is 220 g/mol. The third-order valence-electron chi connectivity index (χ3n) is 2.43. The second-order valence-electron chi connectivity index (χ2n) is 3.59. The summed E-state index contributed by atoms with van der Waals surface area (Å²) in [5.74, 6) is -0.153. The van der Waals surface area contributed by atoms with Crippen LogP contribution in [-0.2, 0) is 4.74 Å². The summed E-state index contributed by atoms with van der Waals surface area (Å²) in [5, 5.41) is 8.72. The first-order valence-corrected chi connectivity index (χ1v) is 4.95. The van der Waals surface area contributed by atoms with Gasteiger partial charge < -0.3 is 20.4 Å². The van der Waals surface area contributed by atoms with Crippen LogP contribution in [0.25, 0.3) is 0 Å². The molecule has 1 aliphatic rings. The molecule has 6 heteroatoms. The number of anilines is 1. The first-order chi connectivity index (χ1) is 7.70. The number of morpholine rings is 1. The number of aromatic amines is 1. The fourth-order valence-electron chi connectivity index (χ4n) is 1.62. The maximum absolute atomic E-state index is 11.9. The molecule has 1 atom stereocenters. The van der Waals surface area contributed by atoms with E-state index >= 15 is 0 Å². The summed E-state index contributed by atoms with van der Waals surface area (Å²) in [6, 6.07) is 3.58. The number of hydrogen-bond donors (Lipinski definition) is 2. The molecule has 3 N–H and O–H groups in total. The van der Waals surface area contributed by atoms with Crippen molar-refractivity contribution >= 4 is 11.6 Å². The van der Waals surface area contributed by atoms with Gasteiger partial charge in [0.05, 0.1) is 19.2 Å². The van der Waals surface area contributed by atoms with Crippen LogP contribution in [0, 0.1) is 11.3 Å². The molecule has 1 aromatic heterocycles. The molecule has 1 aliphatic heterocycles. The van der Waals surface area contributed by atoms with E-state index in [0.29, 0.717) is 31.1 Å². The van der Waals surface area contributed by atoms with Gasteiger partial charge in [0.2, 0.25) is 0 Å². The fourth-order valence-corrected chi connectivity index (χ4v) is 1.62. The van der Waals surface area contributed by atoms with Crippen LogP contribution in [0.3, 0.4) is 0 Å². The topological polar surface area (TPSA) is 95.1 Å². The molecule has 16 heavy (non-hydrogen) atoms. The molecule has 0 saturated carbocycles. The van der Waals surface area contributed by atoms with E-state index in [-0.39, 0.29) is 5.91 Å². The summed E-state index contributed by atoms with van der Waals surface area (Å²) in [4.78, 5) is 16.3. The smallest absolute Gasteiger partial charge is 0.270 e. The SMILES string of the molecule is N#CC1CN(C(=O)c2cc(N)c[nH]2)CCO1. The van der Waals surface area contributed by atoms with Crippen LogP contribution in [0.5, 0.6) is 0 Å². The van der Waals surface area contributed by atoms with Crippen molar-refractivity contribution in [1.82, 2.24) is 9.88 Å². The first-order valence-electron chi connectivity index (χ1n) is 4.95. The Morgan fingerprint density at radius 1 is 1.75 bits per heavy atom. The molecule has 1 saturated heterocycles. The van der Waals surface area contributed by atoms with E-state index in [1.54, 1.807) is 17.2 Å². The molecule has 1 aromatic rings. The lowest BCUT2D eigenvalue weighted by atomic mass is 10.2. The summed E-state index contributed by atoms with van der Waals surface area (Å²) in [5.41, 5.74) is 6.48. The highest BCUT2D eigenvalue weighted by Crippen LogP contribution is 2.11. The van der Waals surface area contributed by atoms with Gasteiger partial charge in [-0.2, -0.15) is 5.26 Å². The molecule has 0 bridgehead atoms. The minimum Gasteiger partial charge on any atom is -0.397 e. The van der Waals surface area contributed by atoms with Crippen LogP contribution >= 0.6 is 0 Å². The fraction of sp³-hybridized carbons (Fsp3) is 0.400. The minimum atomic E-state index is -0.537. The molecule has 0 aliphatic carbocycles. The highest BCUT2D eigenvalue weighted by atomic mass is 16.5. The number of H-pyrrole nitrogens is 1. The zero-order valence-electron chi connectivity index (χ0n) is 8.64. The molecule has 2 rings (SSSR count). The van der Waals surface area contributed by atoms with Gasteiger partial charge in [-0.05, 0) is 6.07 Å². The summed E-state index contributed by atoms with van der Waals surface area (Å²) in [7, 11) is 0. The Morgan fingerprint density at radius 3 is 3.19 bits per heavy atom. The number of nitrogens with two attached hydrogens (primary N) is 1. The molecule has 6 nitrogen and oxygen atoms in total. The lowest BCUT2D eigenvalue weighted by Gasteiger charge is -2.29. The number of nitriles is 1. The van der Waals surface area contributed by atoms with Gasteiger partial charge in [-0.25, -0.2) is 0 Å². The van der Waals surface area contributed by atoms with Crippen LogP contribution in [0.2, 0.25) is 0 Å². The molecule has 0 spiro atoms. The van der Waals surface area contributed by atoms with Crippen molar-refractivity contribution in [2.45, 2.75) is 6.10 Å². The minimum absolute atomic E-state index is 0.153. The van der Waals surface area contributed by atoms with Gasteiger partial charge >= 0.3 is 0 Å². The van der Waals surface area contributed by atoms with Crippen molar-refractivity contribution in [1.29, 1.82) is 5.26 Å². The molecule has 1 fully saturated rings. The van der Waals surface area contributed by atoms with Crippen molar-refractivity contribution in [2.75, 3.05) is 25.4 Å². The van der Waals surface area contributed by atoms with E-state index in [1.165, 1.54) is 0 Å². The molecule has 0 radical (unpaired) electrons. The normalized spacial score (nSPS) is 20.4. The summed E-state index contributed by atoms with van der Waals surface area (Å²) in [6.07, 6.45) is 1.03. The Bertz CT molecular complexity index is 434. The molecule has 1 unspecified atom stereocenters. The predicted molar refractivity (Wildman–Crippen MR) is 56.5 cm³/mol. The Labute approximate surface area is 92.6 Å². The van der Waals surface area contributed by atoms with Gasteiger partial charge in [-0.15, -0.1) is 0 Å². The summed E-state index contributed by atoms with van der Waals surface area (Å²) >= 11 is 0. The zero-order chi connectivity index (χ0) is 11.5. The van der Waals surface area contributed by atoms with E-state index in [9.17, 15) is 4.79 Å². The van der Waals surface area contributed by atoms with E-state index in [2.05, 4.69) is 4.98 Å². The number of nitrogens with zero attached hydrogens (tertiary/aromatic N) is 2. The lowest BCUT2D eigenvalue weighted by molar-refractivity contribution is 0.00323. The van der Waals surface area contributed by atoms with Gasteiger partial charge in [0.15, 0.2) is 6.10 Å². The van der Waals surface area contributed by atoms with Gasteiger partial charge in [-0.3, -0.25) is 4.79 Å². The maximum Gasteiger partial charge on any atom is 0.270 e. The second-order valence-corrected chi connectivity index (χ2v) is 3.59. The number of amides is 1. The monoisotopic (exact) mass is 220 g/mol. The van der Waals surface area contributed by atoms with E-state index in [4.69, 9.17) is 15.7 Å². The van der Waals surface area contributed by atoms with Crippen LogP contribution in [0.15, 0.2) is 12.3 Å². The number of hydrogen-bond acceptors (Lipinski definition) is 4. The van der Waals surface area contributed by atoms with Crippen molar-refractivity contribution in [3.8, 4) is 6.07 Å². The second kappa shape index (κ2) is 4.24. The van der Waals surface area contributed by atoms with Crippen LogP contribution in [-0.4, -0.2) is 41.6 Å². The molecular weight excluding hydrogens is 208 g/mol. The average Bonchev–Trinajstić information content (AvgIpc) is 2.75. The lowest BCUT2D eigenvalue weighted by Crippen LogP contribution is -2.45. The zero-order valence-corrected chi connectivity index (χ0v) is 8.64. The Balaban J connectivity index is 2.08. The quantitative estimate of drug-likeness (QED) is 0.694. The van der Waals surface area contributed by atoms with Crippen LogP contribution < -0.4 is 5.73 Å². The van der Waals surface area contributed by atoms with Crippen molar-refractivity contribution in [3.63, 3.8) is 0 Å². The van der Waals surface area contributed by atoms with Crippen LogP contribution in [0.1, 0.15) is 10.5 Å². The Morgan fingerprint density at radius 2 is 2.56 bits per heavy atom. The van der Waals surface area contributed by atoms with E-state index < -0.39 is 6.10 Å². The van der Waals surface area contributed by atoms with Crippen molar-refractivity contribution in [3.05, 3.63) is 18.0 Å². The third kappa shape index (κ3) is 1.99. The molecule has 1 amide bonds. The van der Waals surface area contributed by atoms with Crippen LogP contribution in [0.4, 0.5) is 5.69 Å². The standard InChI is InChI=1S/C10H12N4O2/c11-4-8-6-14(1-2-16-8)10(15)9-3-7(12)5-13-9/h3,5,8,13H,1-2,6,12H2. The van der Waals surface area contributed by atoms with E-state index in [0.717, 1.165) is 0 Å². The number of carbonyl (C=O) groups excluding carboxylic acids is 1. The number of nitrogens with one attached hydrogen (secondary N) is 1. The van der Waals surface area contributed by atoms with Crippen molar-refractivity contribution < 1.29 is 9.53 Å². The Hall–Kier alpha value is -2.00. The highest BCUT2D eigenvalue weighted by Gasteiger charge is 2.25. The van der Waals surface area contributed by atoms with Gasteiger partial charge in [-0.1, -0.05) is 0 Å². The predicted octanol–water partition coefficient (Wildman–Crippen LogP) is -0.0385. The molecule has 2 heterocycles. The van der Waals surface area contributed by atoms with Crippen molar-refractivity contribution in [2.24, 2.45) is 0 Å². The number of aromatic nitrogens is 1. The van der Waals surface area contributed by atoms with Gasteiger partial charge in [0.25, 0.3) is 5.91 Å². The third-order valence-corrected chi connectivity index (χ3v) is 2.43. The largest absolute Gasteiger partial charge is 0.397 e. The molecule has 84 valence electrons. The van der Waals surface area contributed by atoms with E-state index in [1.807, 2.05) is 6.07 Å². The number of carbonyl (C=O) groups is 1. The summed E-state index contributed by atoms with van der Waals surface area (Å²) in [6.45, 7) is 1.18. The molecular formula is C10H12N4O2. The summed E-state index contributed by atoms with van der Waals surface area (Å²) < 4.78 is 5.16. The van der Waals surface area contributed by atoms with Gasteiger partial charge in [0.1, 0.15) is 5.69 Å². The number of ether oxygens (including phenoxy) is 1. The first kappa shape index (κ1) is 10.5. The number of nitrogen functional groups attached to an aromatic ring is 1. The highest BCUT2D eigenvalue weighted by molar-refractivity contribution is 5.93.